The Morgan fingerprint density at radius 1 is 0.429 bits per heavy atom. The Bertz CT molecular complexity index is 2510. The first-order valence-electron chi connectivity index (χ1n) is 15.9. The molecule has 9 aromatic rings. The first-order chi connectivity index (χ1) is 24.3. The number of hydrogen-bond donors (Lipinski definition) is 0. The van der Waals surface area contributed by atoms with Crippen molar-refractivity contribution in [2.75, 3.05) is 0 Å². The van der Waals surface area contributed by atoms with E-state index in [0.29, 0.717) is 22.8 Å². The number of furan rings is 1. The van der Waals surface area contributed by atoms with E-state index in [9.17, 15) is 0 Å². The summed E-state index contributed by atoms with van der Waals surface area (Å²) in [6.07, 6.45) is 7.10. The summed E-state index contributed by atoms with van der Waals surface area (Å²) in [5.74, 6) is 0.619. The third-order valence-corrected chi connectivity index (χ3v) is 8.54. The van der Waals surface area contributed by atoms with Gasteiger partial charge in [0.25, 0.3) is 0 Å². The molecule has 49 heavy (non-hydrogen) atoms. The molecule has 7 nitrogen and oxygen atoms in total. The predicted octanol–water partition coefficient (Wildman–Crippen LogP) is 9.96. The van der Waals surface area contributed by atoms with Gasteiger partial charge in [0.05, 0.1) is 22.5 Å². The van der Waals surface area contributed by atoms with Crippen molar-refractivity contribution in [3.8, 4) is 67.5 Å². The SMILES string of the molecule is c1ccc(-c2ccc(-c3nc(-c4ccc(-c5cc(-c6cccnc6)nc(-c6ccccn6)c5)cc4)c4oc5ncccc5c4n3)cc2)cc1. The highest BCUT2D eigenvalue weighted by Gasteiger charge is 2.19. The third kappa shape index (κ3) is 5.39. The van der Waals surface area contributed by atoms with Gasteiger partial charge in [0.1, 0.15) is 11.2 Å². The molecule has 7 heteroatoms. The zero-order chi connectivity index (χ0) is 32.6. The number of benzene rings is 3. The Hall–Kier alpha value is -6.86. The van der Waals surface area contributed by atoms with Crippen molar-refractivity contribution in [1.29, 1.82) is 0 Å². The van der Waals surface area contributed by atoms with E-state index in [1.54, 1.807) is 18.6 Å². The summed E-state index contributed by atoms with van der Waals surface area (Å²) in [5, 5.41) is 0.849. The molecule has 0 saturated heterocycles. The van der Waals surface area contributed by atoms with Crippen LogP contribution in [0.5, 0.6) is 0 Å². The normalized spacial score (nSPS) is 11.3. The van der Waals surface area contributed by atoms with E-state index in [2.05, 4.69) is 87.7 Å². The van der Waals surface area contributed by atoms with Gasteiger partial charge < -0.3 is 4.42 Å². The molecule has 0 bridgehead atoms. The number of pyridine rings is 4. The van der Waals surface area contributed by atoms with Crippen LogP contribution in [0.2, 0.25) is 0 Å². The van der Waals surface area contributed by atoms with Crippen LogP contribution in [0.1, 0.15) is 0 Å². The van der Waals surface area contributed by atoms with E-state index < -0.39 is 0 Å². The second-order valence-corrected chi connectivity index (χ2v) is 11.6. The average molecular weight is 631 g/mol. The molecule has 0 fully saturated rings. The molecule has 0 saturated carbocycles. The van der Waals surface area contributed by atoms with Gasteiger partial charge in [-0.05, 0) is 70.8 Å². The molecular formula is C42H26N6O. The third-order valence-electron chi connectivity index (χ3n) is 8.54. The Morgan fingerprint density at radius 3 is 1.88 bits per heavy atom. The first kappa shape index (κ1) is 28.4. The highest BCUT2D eigenvalue weighted by molar-refractivity contribution is 6.06. The van der Waals surface area contributed by atoms with Crippen LogP contribution in [-0.4, -0.2) is 29.9 Å². The molecule has 0 N–H and O–H groups in total. The van der Waals surface area contributed by atoms with Crippen molar-refractivity contribution >= 4 is 22.2 Å². The van der Waals surface area contributed by atoms with E-state index in [4.69, 9.17) is 19.4 Å². The Morgan fingerprint density at radius 2 is 1.10 bits per heavy atom. The molecule has 6 aromatic heterocycles. The van der Waals surface area contributed by atoms with Crippen molar-refractivity contribution in [2.45, 2.75) is 0 Å². The van der Waals surface area contributed by atoms with Gasteiger partial charge in [-0.1, -0.05) is 84.9 Å². The fourth-order valence-corrected chi connectivity index (χ4v) is 6.07. The lowest BCUT2D eigenvalue weighted by molar-refractivity contribution is 0.652. The van der Waals surface area contributed by atoms with Crippen molar-refractivity contribution in [3.05, 3.63) is 158 Å². The van der Waals surface area contributed by atoms with Crippen molar-refractivity contribution in [3.63, 3.8) is 0 Å². The van der Waals surface area contributed by atoms with E-state index in [1.165, 1.54) is 0 Å². The van der Waals surface area contributed by atoms with Gasteiger partial charge in [-0.3, -0.25) is 9.97 Å². The molecule has 0 unspecified atom stereocenters. The molecule has 9 rings (SSSR count). The number of aromatic nitrogens is 6. The lowest BCUT2D eigenvalue weighted by Gasteiger charge is -2.11. The molecule has 0 aliphatic carbocycles. The summed E-state index contributed by atoms with van der Waals surface area (Å²) in [4.78, 5) is 28.4. The van der Waals surface area contributed by atoms with Crippen LogP contribution in [0.4, 0.5) is 0 Å². The van der Waals surface area contributed by atoms with Gasteiger partial charge >= 0.3 is 0 Å². The van der Waals surface area contributed by atoms with Crippen molar-refractivity contribution < 1.29 is 4.42 Å². The van der Waals surface area contributed by atoms with Crippen LogP contribution in [0.25, 0.3) is 89.7 Å². The molecule has 0 amide bonds. The lowest BCUT2D eigenvalue weighted by atomic mass is 9.99. The quantitative estimate of drug-likeness (QED) is 0.181. The molecule has 3 aromatic carbocycles. The van der Waals surface area contributed by atoms with Crippen LogP contribution in [0.15, 0.2) is 163 Å². The average Bonchev–Trinajstić information content (AvgIpc) is 3.57. The van der Waals surface area contributed by atoms with Gasteiger partial charge in [0, 0.05) is 41.5 Å². The summed E-state index contributed by atoms with van der Waals surface area (Å²) in [6.45, 7) is 0. The molecule has 0 aliphatic rings. The maximum Gasteiger partial charge on any atom is 0.229 e. The van der Waals surface area contributed by atoms with E-state index in [0.717, 1.165) is 66.9 Å². The zero-order valence-corrected chi connectivity index (χ0v) is 26.1. The molecule has 0 spiro atoms. The van der Waals surface area contributed by atoms with Gasteiger partial charge in [0.15, 0.2) is 11.4 Å². The fraction of sp³-hybridized carbons (Fsp3) is 0. The highest BCUT2D eigenvalue weighted by atomic mass is 16.3. The molecule has 6 heterocycles. The van der Waals surface area contributed by atoms with E-state index in [1.807, 2.05) is 66.9 Å². The van der Waals surface area contributed by atoms with Crippen LogP contribution < -0.4 is 0 Å². The minimum atomic E-state index is 0.531. The minimum absolute atomic E-state index is 0.531. The molecule has 0 atom stereocenters. The fourth-order valence-electron chi connectivity index (χ4n) is 6.07. The number of hydrogen-bond acceptors (Lipinski definition) is 7. The van der Waals surface area contributed by atoms with Crippen LogP contribution in [0.3, 0.4) is 0 Å². The maximum atomic E-state index is 6.29. The molecule has 0 radical (unpaired) electrons. The van der Waals surface area contributed by atoms with Gasteiger partial charge in [-0.2, -0.15) is 0 Å². The molecular weight excluding hydrogens is 605 g/mol. The number of rotatable bonds is 6. The Labute approximate surface area is 281 Å². The number of fused-ring (bicyclic) bond motifs is 3. The summed E-state index contributed by atoms with van der Waals surface area (Å²) < 4.78 is 6.29. The van der Waals surface area contributed by atoms with Crippen LogP contribution in [-0.2, 0) is 0 Å². The smallest absolute Gasteiger partial charge is 0.229 e. The second kappa shape index (κ2) is 12.1. The summed E-state index contributed by atoms with van der Waals surface area (Å²) in [7, 11) is 0. The Balaban J connectivity index is 1.15. The van der Waals surface area contributed by atoms with Crippen LogP contribution in [0, 0.1) is 0 Å². The molecule has 0 aliphatic heterocycles. The second-order valence-electron chi connectivity index (χ2n) is 11.6. The largest absolute Gasteiger partial charge is 0.434 e. The summed E-state index contributed by atoms with van der Waals surface area (Å²) >= 11 is 0. The summed E-state index contributed by atoms with van der Waals surface area (Å²) in [6, 6.07) is 44.8. The van der Waals surface area contributed by atoms with Gasteiger partial charge in [-0.25, -0.2) is 19.9 Å². The standard InChI is InChI=1S/C42H26N6O/c1-2-8-27(9-3-1)28-15-19-31(20-16-28)41-47-38(40-39(48-41)34-11-7-23-45-42(34)49-40)30-17-13-29(14-18-30)33-24-36(32-10-6-21-43-26-32)46-37(25-33)35-12-4-5-22-44-35/h1-26H. The summed E-state index contributed by atoms with van der Waals surface area (Å²) in [5.41, 5.74) is 12.1. The van der Waals surface area contributed by atoms with Crippen molar-refractivity contribution in [2.24, 2.45) is 0 Å². The predicted molar refractivity (Wildman–Crippen MR) is 193 cm³/mol. The van der Waals surface area contributed by atoms with Crippen LogP contribution >= 0.6 is 0 Å². The van der Waals surface area contributed by atoms with E-state index >= 15 is 0 Å². The van der Waals surface area contributed by atoms with Crippen molar-refractivity contribution in [1.82, 2.24) is 29.9 Å². The Kier molecular flexibility index (Phi) is 6.98. The zero-order valence-electron chi connectivity index (χ0n) is 26.1. The minimum Gasteiger partial charge on any atom is -0.434 e. The number of nitrogens with zero attached hydrogens (tertiary/aromatic N) is 6. The monoisotopic (exact) mass is 630 g/mol. The van der Waals surface area contributed by atoms with E-state index in [-0.39, 0.29) is 0 Å². The lowest BCUT2D eigenvalue weighted by Crippen LogP contribution is -1.95. The maximum absolute atomic E-state index is 6.29. The van der Waals surface area contributed by atoms with Gasteiger partial charge in [-0.15, -0.1) is 0 Å². The van der Waals surface area contributed by atoms with Gasteiger partial charge in [0.2, 0.25) is 5.71 Å². The highest BCUT2D eigenvalue weighted by Crippen LogP contribution is 2.37. The first-order valence-corrected chi connectivity index (χ1v) is 15.9. The molecule has 230 valence electrons. The topological polar surface area (TPSA) is 90.5 Å².